The van der Waals surface area contributed by atoms with Gasteiger partial charge in [-0.2, -0.15) is 0 Å². The molecule has 2 rings (SSSR count). The van der Waals surface area contributed by atoms with Crippen LogP contribution in [0.2, 0.25) is 0 Å². The fraction of sp³-hybridized carbons (Fsp3) is 0.143. The summed E-state index contributed by atoms with van der Waals surface area (Å²) in [5, 5.41) is 2.45. The van der Waals surface area contributed by atoms with Crippen LogP contribution in [0.3, 0.4) is 0 Å². The normalized spacial score (nSPS) is 11.9. The summed E-state index contributed by atoms with van der Waals surface area (Å²) in [7, 11) is 0. The quantitative estimate of drug-likeness (QED) is 0.903. The van der Waals surface area contributed by atoms with E-state index in [4.69, 9.17) is 0 Å². The van der Waals surface area contributed by atoms with Gasteiger partial charge in [-0.1, -0.05) is 6.07 Å². The molecule has 2 N–H and O–H groups in total. The number of carbonyl (C=O) groups is 1. The van der Waals surface area contributed by atoms with Gasteiger partial charge in [0.15, 0.2) is 0 Å². The van der Waals surface area contributed by atoms with Crippen LogP contribution >= 0.6 is 0 Å². The highest BCUT2D eigenvalue weighted by molar-refractivity contribution is 5.94. The van der Waals surface area contributed by atoms with Crippen LogP contribution < -0.4 is 10.9 Å². The van der Waals surface area contributed by atoms with E-state index in [-0.39, 0.29) is 11.1 Å². The zero-order valence-electron chi connectivity index (χ0n) is 10.6. The number of aromatic amines is 1. The van der Waals surface area contributed by atoms with Crippen LogP contribution in [0, 0.1) is 11.6 Å². The van der Waals surface area contributed by atoms with E-state index in [1.165, 1.54) is 25.3 Å². The summed E-state index contributed by atoms with van der Waals surface area (Å²) in [6.45, 7) is 1.46. The molecule has 0 bridgehead atoms. The third-order valence-corrected chi connectivity index (χ3v) is 2.82. The molecule has 0 radical (unpaired) electrons. The van der Waals surface area contributed by atoms with E-state index in [2.05, 4.69) is 10.3 Å². The van der Waals surface area contributed by atoms with Crippen LogP contribution in [0.25, 0.3) is 0 Å². The van der Waals surface area contributed by atoms with Crippen LogP contribution in [0.1, 0.15) is 28.9 Å². The minimum Gasteiger partial charge on any atom is -0.345 e. The summed E-state index contributed by atoms with van der Waals surface area (Å²) >= 11 is 0. The SMILES string of the molecule is CC(NC(=O)c1cc[nH]c(=O)c1)c1c(F)cccc1F. The number of aromatic nitrogens is 1. The standard InChI is InChI=1S/C14H12F2N2O2/c1-8(13-10(15)3-2-4-11(13)16)18-14(20)9-5-6-17-12(19)7-9/h2-8H,1H3,(H,17,19)(H,18,20). The molecular weight excluding hydrogens is 266 g/mol. The van der Waals surface area contributed by atoms with Crippen LogP contribution in [0.15, 0.2) is 41.3 Å². The fourth-order valence-electron chi connectivity index (χ4n) is 1.86. The number of benzene rings is 1. The van der Waals surface area contributed by atoms with E-state index < -0.39 is 29.1 Å². The highest BCUT2D eigenvalue weighted by Crippen LogP contribution is 2.20. The molecule has 0 saturated heterocycles. The lowest BCUT2D eigenvalue weighted by Gasteiger charge is -2.15. The van der Waals surface area contributed by atoms with Crippen LogP contribution in [0.4, 0.5) is 8.78 Å². The van der Waals surface area contributed by atoms with E-state index in [0.29, 0.717) is 0 Å². The van der Waals surface area contributed by atoms with Crippen molar-refractivity contribution in [1.82, 2.24) is 10.3 Å². The molecule has 4 nitrogen and oxygen atoms in total. The summed E-state index contributed by atoms with van der Waals surface area (Å²) < 4.78 is 27.1. The topological polar surface area (TPSA) is 62.0 Å². The van der Waals surface area contributed by atoms with E-state index in [0.717, 1.165) is 18.2 Å². The zero-order chi connectivity index (χ0) is 14.7. The Bertz CT molecular complexity index is 677. The van der Waals surface area contributed by atoms with Gasteiger partial charge in [-0.05, 0) is 25.1 Å². The van der Waals surface area contributed by atoms with Crippen molar-refractivity contribution < 1.29 is 13.6 Å². The maximum atomic E-state index is 13.6. The maximum Gasteiger partial charge on any atom is 0.252 e. The average Bonchev–Trinajstić information content (AvgIpc) is 2.38. The Morgan fingerprint density at radius 3 is 2.50 bits per heavy atom. The van der Waals surface area contributed by atoms with Gasteiger partial charge in [-0.15, -0.1) is 0 Å². The number of carbonyl (C=O) groups excluding carboxylic acids is 1. The zero-order valence-corrected chi connectivity index (χ0v) is 10.6. The molecule has 0 saturated carbocycles. The first-order valence-electron chi connectivity index (χ1n) is 5.92. The van der Waals surface area contributed by atoms with Gasteiger partial charge in [-0.3, -0.25) is 9.59 Å². The Balaban J connectivity index is 2.22. The number of hydrogen-bond acceptors (Lipinski definition) is 2. The predicted octanol–water partition coefficient (Wildman–Crippen LogP) is 2.14. The fourth-order valence-corrected chi connectivity index (χ4v) is 1.86. The Morgan fingerprint density at radius 1 is 1.25 bits per heavy atom. The third kappa shape index (κ3) is 2.90. The van der Waals surface area contributed by atoms with Crippen LogP contribution in [-0.2, 0) is 0 Å². The summed E-state index contributed by atoms with van der Waals surface area (Å²) in [6.07, 6.45) is 1.32. The molecule has 0 spiro atoms. The molecule has 6 heteroatoms. The van der Waals surface area contributed by atoms with Crippen molar-refractivity contribution in [2.45, 2.75) is 13.0 Å². The van der Waals surface area contributed by atoms with E-state index >= 15 is 0 Å². The van der Waals surface area contributed by atoms with Gasteiger partial charge < -0.3 is 10.3 Å². The Labute approximate surface area is 113 Å². The first-order chi connectivity index (χ1) is 9.49. The van der Waals surface area contributed by atoms with Gasteiger partial charge in [0.05, 0.1) is 6.04 Å². The van der Waals surface area contributed by atoms with Crippen molar-refractivity contribution in [3.63, 3.8) is 0 Å². The van der Waals surface area contributed by atoms with Crippen molar-refractivity contribution in [2.75, 3.05) is 0 Å². The highest BCUT2D eigenvalue weighted by Gasteiger charge is 2.18. The average molecular weight is 278 g/mol. The summed E-state index contributed by atoms with van der Waals surface area (Å²) in [5.74, 6) is -2.04. The summed E-state index contributed by atoms with van der Waals surface area (Å²) in [4.78, 5) is 25.4. The monoisotopic (exact) mass is 278 g/mol. The molecular formula is C14H12F2N2O2. The molecule has 0 aliphatic heterocycles. The Kier molecular flexibility index (Phi) is 3.93. The Hall–Kier alpha value is -2.50. The summed E-state index contributed by atoms with van der Waals surface area (Å²) in [6, 6.07) is 5.14. The van der Waals surface area contributed by atoms with E-state index in [9.17, 15) is 18.4 Å². The first kappa shape index (κ1) is 13.9. The van der Waals surface area contributed by atoms with Crippen LogP contribution in [-0.4, -0.2) is 10.9 Å². The largest absolute Gasteiger partial charge is 0.345 e. The predicted molar refractivity (Wildman–Crippen MR) is 69.3 cm³/mol. The van der Waals surface area contributed by atoms with Gasteiger partial charge in [0.1, 0.15) is 11.6 Å². The van der Waals surface area contributed by atoms with Crippen molar-refractivity contribution in [3.05, 3.63) is 69.6 Å². The van der Waals surface area contributed by atoms with E-state index in [1.807, 2.05) is 0 Å². The molecule has 0 aliphatic rings. The minimum absolute atomic E-state index is 0.123. The molecule has 20 heavy (non-hydrogen) atoms. The molecule has 104 valence electrons. The maximum absolute atomic E-state index is 13.6. The molecule has 1 aromatic heterocycles. The lowest BCUT2D eigenvalue weighted by molar-refractivity contribution is 0.0938. The van der Waals surface area contributed by atoms with Crippen molar-refractivity contribution in [2.24, 2.45) is 0 Å². The number of rotatable bonds is 3. The number of amides is 1. The smallest absolute Gasteiger partial charge is 0.252 e. The molecule has 1 heterocycles. The van der Waals surface area contributed by atoms with Gasteiger partial charge in [-0.25, -0.2) is 8.78 Å². The molecule has 1 unspecified atom stereocenters. The summed E-state index contributed by atoms with van der Waals surface area (Å²) in [5.41, 5.74) is -0.523. The minimum atomic E-state index is -0.858. The van der Waals surface area contributed by atoms with Crippen LogP contribution in [0.5, 0.6) is 0 Å². The van der Waals surface area contributed by atoms with Crippen molar-refractivity contribution in [1.29, 1.82) is 0 Å². The Morgan fingerprint density at radius 2 is 1.90 bits per heavy atom. The number of halogens is 2. The van der Waals surface area contributed by atoms with Gasteiger partial charge in [0.2, 0.25) is 5.56 Å². The number of nitrogens with one attached hydrogen (secondary N) is 2. The molecule has 0 aliphatic carbocycles. The second-order valence-corrected chi connectivity index (χ2v) is 4.27. The number of pyridine rings is 1. The number of H-pyrrole nitrogens is 1. The molecule has 1 aromatic carbocycles. The third-order valence-electron chi connectivity index (χ3n) is 2.82. The lowest BCUT2D eigenvalue weighted by atomic mass is 10.1. The van der Waals surface area contributed by atoms with E-state index in [1.54, 1.807) is 0 Å². The molecule has 2 aromatic rings. The molecule has 1 atom stereocenters. The first-order valence-corrected chi connectivity index (χ1v) is 5.92. The second-order valence-electron chi connectivity index (χ2n) is 4.27. The molecule has 1 amide bonds. The van der Waals surface area contributed by atoms with Gasteiger partial charge in [0, 0.05) is 23.4 Å². The van der Waals surface area contributed by atoms with Gasteiger partial charge >= 0.3 is 0 Å². The highest BCUT2D eigenvalue weighted by atomic mass is 19.1. The van der Waals surface area contributed by atoms with Crippen molar-refractivity contribution >= 4 is 5.91 Å². The van der Waals surface area contributed by atoms with Gasteiger partial charge in [0.25, 0.3) is 5.91 Å². The molecule has 0 fully saturated rings. The van der Waals surface area contributed by atoms with Crippen molar-refractivity contribution in [3.8, 4) is 0 Å². The number of hydrogen-bond donors (Lipinski definition) is 2. The lowest BCUT2D eigenvalue weighted by Crippen LogP contribution is -2.28. The second kappa shape index (κ2) is 5.64.